The first-order chi connectivity index (χ1) is 18.0. The Kier molecular flexibility index (Phi) is 7.59. The maximum Gasteiger partial charge on any atom is 0.258 e. The molecule has 190 valence electrons. The number of Topliss-reactive ketones (excluding diaryl/α,β-unsaturated/α-hetero) is 1. The number of amides is 1. The Morgan fingerprint density at radius 3 is 2.57 bits per heavy atom. The van der Waals surface area contributed by atoms with Gasteiger partial charge < -0.3 is 0 Å². The highest BCUT2D eigenvalue weighted by Gasteiger charge is 2.23. The molecule has 37 heavy (non-hydrogen) atoms. The summed E-state index contributed by atoms with van der Waals surface area (Å²) in [5, 5.41) is 7.25. The monoisotopic (exact) mass is 495 g/mol. The van der Waals surface area contributed by atoms with E-state index in [2.05, 4.69) is 10.4 Å². The number of ketones is 1. The molecule has 1 saturated carbocycles. The number of imidazole rings is 1. The van der Waals surface area contributed by atoms with Crippen LogP contribution in [0.1, 0.15) is 61.0 Å². The summed E-state index contributed by atoms with van der Waals surface area (Å²) in [6.07, 6.45) is 13.3. The van der Waals surface area contributed by atoms with Crippen molar-refractivity contribution < 1.29 is 9.59 Å². The standard InChI is InChI=1S/C30H33N5O2/c1-34-20-25(19-31-34)23-9-8-10-24(18-23)29(37)33-30-32-26(21-35(30)27-12-5-3-6-13-27)11-4-2-7-14-28(36)17-22-15-16-22/h3,5-6,8-10,12-13,18-22H,2,4,7,11,14-17H2,1H3,(H,32,33,37). The van der Waals surface area contributed by atoms with Gasteiger partial charge in [-0.15, -0.1) is 0 Å². The van der Waals surface area contributed by atoms with Crippen LogP contribution in [0.5, 0.6) is 0 Å². The largest absolute Gasteiger partial charge is 0.300 e. The highest BCUT2D eigenvalue weighted by molar-refractivity contribution is 6.04. The second-order valence-corrected chi connectivity index (χ2v) is 9.95. The van der Waals surface area contributed by atoms with E-state index < -0.39 is 0 Å². The van der Waals surface area contributed by atoms with Crippen LogP contribution < -0.4 is 5.32 Å². The number of carbonyl (C=O) groups is 2. The van der Waals surface area contributed by atoms with Crippen LogP contribution in [0.4, 0.5) is 5.95 Å². The van der Waals surface area contributed by atoms with Crippen LogP contribution in [0.3, 0.4) is 0 Å². The van der Waals surface area contributed by atoms with Gasteiger partial charge in [0.1, 0.15) is 5.78 Å². The van der Waals surface area contributed by atoms with Crippen molar-refractivity contribution in [1.82, 2.24) is 19.3 Å². The van der Waals surface area contributed by atoms with Crippen LogP contribution >= 0.6 is 0 Å². The van der Waals surface area contributed by atoms with Crippen molar-refractivity contribution in [3.05, 3.63) is 84.4 Å². The lowest BCUT2D eigenvalue weighted by molar-refractivity contribution is -0.119. The third-order valence-electron chi connectivity index (χ3n) is 6.78. The van der Waals surface area contributed by atoms with Crippen molar-refractivity contribution >= 4 is 17.6 Å². The van der Waals surface area contributed by atoms with Gasteiger partial charge >= 0.3 is 0 Å². The van der Waals surface area contributed by atoms with Crippen molar-refractivity contribution in [3.8, 4) is 16.8 Å². The highest BCUT2D eigenvalue weighted by atomic mass is 16.1. The van der Waals surface area contributed by atoms with Gasteiger partial charge in [-0.2, -0.15) is 5.10 Å². The fourth-order valence-electron chi connectivity index (χ4n) is 4.56. The molecular formula is C30H33N5O2. The summed E-state index contributed by atoms with van der Waals surface area (Å²) in [5.74, 6) is 1.36. The second-order valence-electron chi connectivity index (χ2n) is 9.95. The number of carbonyl (C=O) groups excluding carboxylic acids is 2. The fourth-order valence-corrected chi connectivity index (χ4v) is 4.56. The minimum atomic E-state index is -0.214. The summed E-state index contributed by atoms with van der Waals surface area (Å²) >= 11 is 0. The lowest BCUT2D eigenvalue weighted by Gasteiger charge is -2.09. The summed E-state index contributed by atoms with van der Waals surface area (Å²) in [5.41, 5.74) is 4.31. The Morgan fingerprint density at radius 1 is 0.973 bits per heavy atom. The predicted octanol–water partition coefficient (Wildman–Crippen LogP) is 6.00. The first-order valence-electron chi connectivity index (χ1n) is 13.1. The van der Waals surface area contributed by atoms with Crippen molar-refractivity contribution in [3.63, 3.8) is 0 Å². The number of benzene rings is 2. The number of unbranched alkanes of at least 4 members (excludes halogenated alkanes) is 2. The lowest BCUT2D eigenvalue weighted by Crippen LogP contribution is -2.15. The zero-order chi connectivity index (χ0) is 25.6. The number of rotatable bonds is 12. The van der Waals surface area contributed by atoms with Gasteiger partial charge in [0.25, 0.3) is 5.91 Å². The lowest BCUT2D eigenvalue weighted by atomic mass is 10.1. The van der Waals surface area contributed by atoms with Gasteiger partial charge in [0.05, 0.1) is 11.9 Å². The highest BCUT2D eigenvalue weighted by Crippen LogP contribution is 2.33. The average Bonchev–Trinajstić information content (AvgIpc) is 3.46. The number of hydrogen-bond donors (Lipinski definition) is 1. The fraction of sp³-hybridized carbons (Fsp3) is 0.333. The van der Waals surface area contributed by atoms with Gasteiger partial charge in [-0.25, -0.2) is 4.98 Å². The summed E-state index contributed by atoms with van der Waals surface area (Å²) in [4.78, 5) is 30.0. The molecule has 0 spiro atoms. The van der Waals surface area contributed by atoms with E-state index in [1.165, 1.54) is 12.8 Å². The summed E-state index contributed by atoms with van der Waals surface area (Å²) in [6, 6.07) is 17.4. The smallest absolute Gasteiger partial charge is 0.258 e. The van der Waals surface area contributed by atoms with Crippen LogP contribution in [-0.4, -0.2) is 31.0 Å². The predicted molar refractivity (Wildman–Crippen MR) is 145 cm³/mol. The SMILES string of the molecule is Cn1cc(-c2cccc(C(=O)Nc3nc(CCCCCC(=O)CC4CC4)cn3-c3ccccc3)c2)cn1. The molecular weight excluding hydrogens is 462 g/mol. The molecule has 1 amide bonds. The molecule has 0 atom stereocenters. The number of nitrogens with one attached hydrogen (secondary N) is 1. The van der Waals surface area contributed by atoms with E-state index in [0.29, 0.717) is 29.6 Å². The molecule has 7 nitrogen and oxygen atoms in total. The number of hydrogen-bond acceptors (Lipinski definition) is 4. The second kappa shape index (κ2) is 11.4. The Bertz CT molecular complexity index is 1370. The minimum Gasteiger partial charge on any atom is -0.300 e. The van der Waals surface area contributed by atoms with Crippen molar-refractivity contribution in [1.29, 1.82) is 0 Å². The van der Waals surface area contributed by atoms with Gasteiger partial charge in [0.15, 0.2) is 0 Å². The topological polar surface area (TPSA) is 81.8 Å². The molecule has 0 saturated heterocycles. The van der Waals surface area contributed by atoms with Crippen LogP contribution in [0, 0.1) is 5.92 Å². The molecule has 1 aliphatic carbocycles. The minimum absolute atomic E-state index is 0.214. The molecule has 5 rings (SSSR count). The van der Waals surface area contributed by atoms with Crippen LogP contribution in [0.25, 0.3) is 16.8 Å². The molecule has 2 aromatic carbocycles. The molecule has 2 heterocycles. The Hall–Kier alpha value is -4.00. The van der Waals surface area contributed by atoms with E-state index >= 15 is 0 Å². The summed E-state index contributed by atoms with van der Waals surface area (Å²) in [7, 11) is 1.87. The summed E-state index contributed by atoms with van der Waals surface area (Å²) < 4.78 is 3.67. The van der Waals surface area contributed by atoms with E-state index in [4.69, 9.17) is 4.98 Å². The number of aryl methyl sites for hydroxylation is 2. The normalized spacial score (nSPS) is 13.0. The number of anilines is 1. The Morgan fingerprint density at radius 2 is 1.81 bits per heavy atom. The first-order valence-corrected chi connectivity index (χ1v) is 13.1. The molecule has 0 bridgehead atoms. The van der Waals surface area contributed by atoms with Gasteiger partial charge in [-0.1, -0.05) is 36.8 Å². The van der Waals surface area contributed by atoms with Gasteiger partial charge in [-0.05, 0) is 67.9 Å². The molecule has 1 N–H and O–H groups in total. The van der Waals surface area contributed by atoms with E-state index in [1.54, 1.807) is 16.9 Å². The molecule has 1 aliphatic rings. The van der Waals surface area contributed by atoms with Gasteiger partial charge in [0.2, 0.25) is 5.95 Å². The number of para-hydroxylation sites is 1. The number of aromatic nitrogens is 4. The van der Waals surface area contributed by atoms with Crippen molar-refractivity contribution in [2.75, 3.05) is 5.32 Å². The molecule has 0 radical (unpaired) electrons. The van der Waals surface area contributed by atoms with E-state index in [0.717, 1.165) is 54.6 Å². The molecule has 4 aromatic rings. The molecule has 1 fully saturated rings. The third kappa shape index (κ3) is 6.61. The number of nitrogens with zero attached hydrogens (tertiary/aromatic N) is 4. The average molecular weight is 496 g/mol. The molecule has 0 unspecified atom stereocenters. The van der Waals surface area contributed by atoms with Crippen LogP contribution in [-0.2, 0) is 18.3 Å². The maximum atomic E-state index is 13.2. The van der Waals surface area contributed by atoms with E-state index in [-0.39, 0.29) is 5.91 Å². The van der Waals surface area contributed by atoms with Gasteiger partial charge in [0, 0.05) is 49.1 Å². The zero-order valence-corrected chi connectivity index (χ0v) is 21.3. The molecule has 7 heteroatoms. The Labute approximate surface area is 217 Å². The zero-order valence-electron chi connectivity index (χ0n) is 21.3. The Balaban J connectivity index is 1.25. The maximum absolute atomic E-state index is 13.2. The quantitative estimate of drug-likeness (QED) is 0.245. The first kappa shape index (κ1) is 24.7. The molecule has 0 aliphatic heterocycles. The van der Waals surface area contributed by atoms with Crippen LogP contribution in [0.15, 0.2) is 73.2 Å². The van der Waals surface area contributed by atoms with Gasteiger partial charge in [-0.3, -0.25) is 24.2 Å². The van der Waals surface area contributed by atoms with Crippen molar-refractivity contribution in [2.45, 2.75) is 51.4 Å². The van der Waals surface area contributed by atoms with Crippen LogP contribution in [0.2, 0.25) is 0 Å². The third-order valence-corrected chi connectivity index (χ3v) is 6.78. The van der Waals surface area contributed by atoms with Crippen molar-refractivity contribution in [2.24, 2.45) is 13.0 Å². The summed E-state index contributed by atoms with van der Waals surface area (Å²) in [6.45, 7) is 0. The molecule has 2 aromatic heterocycles. The van der Waals surface area contributed by atoms with E-state index in [9.17, 15) is 9.59 Å². The van der Waals surface area contributed by atoms with E-state index in [1.807, 2.05) is 72.5 Å².